The van der Waals surface area contributed by atoms with Crippen LogP contribution in [0.2, 0.25) is 0 Å². The zero-order valence-electron chi connectivity index (χ0n) is 9.14. The van der Waals surface area contributed by atoms with Crippen molar-refractivity contribution in [3.8, 4) is 0 Å². The fourth-order valence-corrected chi connectivity index (χ4v) is 1.25. The minimum Gasteiger partial charge on any atom is -0.478 e. The van der Waals surface area contributed by atoms with Crippen molar-refractivity contribution in [1.82, 2.24) is 0 Å². The molecule has 1 rings (SSSR count). The maximum absolute atomic E-state index is 13.4. The summed E-state index contributed by atoms with van der Waals surface area (Å²) in [6.07, 6.45) is 2.58. The molecule has 0 atom stereocenters. The van der Waals surface area contributed by atoms with E-state index < -0.39 is 17.8 Å². The molecule has 0 aliphatic carbocycles. The summed E-state index contributed by atoms with van der Waals surface area (Å²) in [5.74, 6) is -2.34. The van der Waals surface area contributed by atoms with Gasteiger partial charge in [-0.25, -0.2) is 9.18 Å². The van der Waals surface area contributed by atoms with E-state index in [9.17, 15) is 14.0 Å². The molecule has 17 heavy (non-hydrogen) atoms. The summed E-state index contributed by atoms with van der Waals surface area (Å²) >= 11 is 0. The van der Waals surface area contributed by atoms with Gasteiger partial charge in [0.2, 0.25) is 0 Å². The van der Waals surface area contributed by atoms with E-state index >= 15 is 0 Å². The Balaban J connectivity index is 2.97. The second-order valence-electron chi connectivity index (χ2n) is 3.19. The first-order valence-electron chi connectivity index (χ1n) is 4.81. The van der Waals surface area contributed by atoms with Crippen LogP contribution >= 0.6 is 0 Å². The van der Waals surface area contributed by atoms with Gasteiger partial charge in [0.15, 0.2) is 0 Å². The Hall–Kier alpha value is -2.17. The molecule has 0 saturated carbocycles. The highest BCUT2D eigenvalue weighted by atomic mass is 19.1. The zero-order chi connectivity index (χ0) is 12.8. The number of carboxylic acid groups (broad SMARTS) is 1. The number of esters is 1. The van der Waals surface area contributed by atoms with Crippen LogP contribution in [-0.2, 0) is 9.53 Å². The van der Waals surface area contributed by atoms with Gasteiger partial charge < -0.3 is 9.84 Å². The standard InChI is InChI=1S/C12H11FO4/c1-17-11(14)7-3-4-8-9(12(15)16)5-2-6-10(8)13/h2-6H,7H2,1H3,(H,15,16). The second-order valence-corrected chi connectivity index (χ2v) is 3.19. The highest BCUT2D eigenvalue weighted by Crippen LogP contribution is 2.15. The highest BCUT2D eigenvalue weighted by molar-refractivity contribution is 5.92. The number of halogens is 1. The number of carbonyl (C=O) groups excluding carboxylic acids is 1. The molecule has 1 aromatic rings. The number of carboxylic acids is 1. The normalized spacial score (nSPS) is 10.5. The summed E-state index contributed by atoms with van der Waals surface area (Å²) in [6, 6.07) is 3.77. The number of ether oxygens (including phenoxy) is 1. The van der Waals surface area contributed by atoms with Gasteiger partial charge in [0.25, 0.3) is 0 Å². The lowest BCUT2D eigenvalue weighted by molar-refractivity contribution is -0.139. The van der Waals surface area contributed by atoms with Crippen molar-refractivity contribution in [2.24, 2.45) is 0 Å². The molecule has 1 aromatic carbocycles. The van der Waals surface area contributed by atoms with Crippen molar-refractivity contribution in [2.75, 3.05) is 7.11 Å². The fourth-order valence-electron chi connectivity index (χ4n) is 1.25. The van der Waals surface area contributed by atoms with E-state index in [1.165, 1.54) is 31.4 Å². The molecule has 0 spiro atoms. The predicted molar refractivity (Wildman–Crippen MR) is 59.0 cm³/mol. The van der Waals surface area contributed by atoms with E-state index in [0.29, 0.717) is 0 Å². The summed E-state index contributed by atoms with van der Waals surface area (Å²) < 4.78 is 17.8. The molecule has 0 fully saturated rings. The molecular weight excluding hydrogens is 227 g/mol. The molecule has 0 heterocycles. The van der Waals surface area contributed by atoms with Gasteiger partial charge in [0.05, 0.1) is 19.1 Å². The number of benzene rings is 1. The van der Waals surface area contributed by atoms with E-state index in [0.717, 1.165) is 6.07 Å². The van der Waals surface area contributed by atoms with Crippen LogP contribution in [0.25, 0.3) is 6.08 Å². The third-order valence-corrected chi connectivity index (χ3v) is 2.08. The third kappa shape index (κ3) is 3.41. The van der Waals surface area contributed by atoms with E-state index in [1.54, 1.807) is 0 Å². The number of methoxy groups -OCH3 is 1. The van der Waals surface area contributed by atoms with Crippen LogP contribution in [0.5, 0.6) is 0 Å². The van der Waals surface area contributed by atoms with Gasteiger partial charge in [-0.15, -0.1) is 0 Å². The maximum atomic E-state index is 13.4. The average Bonchev–Trinajstić information content (AvgIpc) is 2.30. The van der Waals surface area contributed by atoms with Gasteiger partial charge in [0.1, 0.15) is 5.82 Å². The topological polar surface area (TPSA) is 63.6 Å². The predicted octanol–water partition coefficient (Wildman–Crippen LogP) is 2.10. The maximum Gasteiger partial charge on any atom is 0.336 e. The van der Waals surface area contributed by atoms with Gasteiger partial charge in [-0.2, -0.15) is 0 Å². The Kier molecular flexibility index (Phi) is 4.39. The molecule has 0 amide bonds. The third-order valence-electron chi connectivity index (χ3n) is 2.08. The van der Waals surface area contributed by atoms with Crippen molar-refractivity contribution in [3.63, 3.8) is 0 Å². The van der Waals surface area contributed by atoms with E-state index in [4.69, 9.17) is 5.11 Å². The van der Waals surface area contributed by atoms with Crippen molar-refractivity contribution in [1.29, 1.82) is 0 Å². The minimum atomic E-state index is -1.22. The molecule has 5 heteroatoms. The van der Waals surface area contributed by atoms with Crippen LogP contribution in [0.15, 0.2) is 24.3 Å². The molecule has 0 aromatic heterocycles. The monoisotopic (exact) mass is 238 g/mol. The molecule has 0 radical (unpaired) electrons. The Morgan fingerprint density at radius 3 is 2.76 bits per heavy atom. The summed E-state index contributed by atoms with van der Waals surface area (Å²) in [5, 5.41) is 8.85. The fraction of sp³-hybridized carbons (Fsp3) is 0.167. The molecule has 4 nitrogen and oxygen atoms in total. The quantitative estimate of drug-likeness (QED) is 0.816. The van der Waals surface area contributed by atoms with Crippen LogP contribution in [0.4, 0.5) is 4.39 Å². The van der Waals surface area contributed by atoms with E-state index in [-0.39, 0.29) is 17.5 Å². The molecule has 0 saturated heterocycles. The van der Waals surface area contributed by atoms with E-state index in [1.807, 2.05) is 0 Å². The molecular formula is C12H11FO4. The lowest BCUT2D eigenvalue weighted by Crippen LogP contribution is -2.01. The molecule has 0 aliphatic heterocycles. The van der Waals surface area contributed by atoms with Crippen LogP contribution in [0, 0.1) is 5.82 Å². The largest absolute Gasteiger partial charge is 0.478 e. The van der Waals surface area contributed by atoms with E-state index in [2.05, 4.69) is 4.74 Å². The van der Waals surface area contributed by atoms with Crippen LogP contribution in [-0.4, -0.2) is 24.2 Å². The Morgan fingerprint density at radius 1 is 1.47 bits per heavy atom. The molecule has 0 unspecified atom stereocenters. The summed E-state index contributed by atoms with van der Waals surface area (Å²) in [6.45, 7) is 0. The summed E-state index contributed by atoms with van der Waals surface area (Å²) in [5.41, 5.74) is -0.199. The van der Waals surface area contributed by atoms with Crippen molar-refractivity contribution in [2.45, 2.75) is 6.42 Å². The Bertz CT molecular complexity index is 466. The van der Waals surface area contributed by atoms with Gasteiger partial charge in [0, 0.05) is 5.56 Å². The number of carbonyl (C=O) groups is 2. The van der Waals surface area contributed by atoms with Crippen LogP contribution in [0.1, 0.15) is 22.3 Å². The molecule has 90 valence electrons. The van der Waals surface area contributed by atoms with Gasteiger partial charge in [-0.05, 0) is 12.1 Å². The Labute approximate surface area is 97.3 Å². The zero-order valence-corrected chi connectivity index (χ0v) is 9.14. The van der Waals surface area contributed by atoms with Crippen molar-refractivity contribution in [3.05, 3.63) is 41.2 Å². The van der Waals surface area contributed by atoms with Crippen molar-refractivity contribution < 1.29 is 23.8 Å². The number of hydrogen-bond donors (Lipinski definition) is 1. The molecule has 1 N–H and O–H groups in total. The first-order valence-corrected chi connectivity index (χ1v) is 4.81. The molecule has 0 bridgehead atoms. The lowest BCUT2D eigenvalue weighted by atomic mass is 10.1. The summed E-state index contributed by atoms with van der Waals surface area (Å²) in [7, 11) is 1.24. The van der Waals surface area contributed by atoms with Crippen molar-refractivity contribution >= 4 is 18.0 Å². The average molecular weight is 238 g/mol. The molecule has 0 aliphatic rings. The first-order chi connectivity index (χ1) is 8.06. The van der Waals surface area contributed by atoms with Gasteiger partial charge in [-0.1, -0.05) is 18.2 Å². The number of aromatic carboxylic acids is 1. The van der Waals surface area contributed by atoms with Gasteiger partial charge in [-0.3, -0.25) is 4.79 Å². The van der Waals surface area contributed by atoms with Crippen LogP contribution < -0.4 is 0 Å². The lowest BCUT2D eigenvalue weighted by Gasteiger charge is -2.02. The number of hydrogen-bond acceptors (Lipinski definition) is 3. The highest BCUT2D eigenvalue weighted by Gasteiger charge is 2.11. The Morgan fingerprint density at radius 2 is 2.18 bits per heavy atom. The smallest absolute Gasteiger partial charge is 0.336 e. The SMILES string of the molecule is COC(=O)CC=Cc1c(F)cccc1C(=O)O. The first kappa shape index (κ1) is 12.9. The minimum absolute atomic E-state index is 0.0378. The van der Waals surface area contributed by atoms with Gasteiger partial charge >= 0.3 is 11.9 Å². The summed E-state index contributed by atoms with van der Waals surface area (Å²) in [4.78, 5) is 21.7. The number of rotatable bonds is 4. The van der Waals surface area contributed by atoms with Crippen LogP contribution in [0.3, 0.4) is 0 Å². The second kappa shape index (κ2) is 5.79.